The molecule has 9 heteroatoms. The monoisotopic (exact) mass is 511 g/mol. The molecule has 1 aromatic carbocycles. The molecule has 4 nitrogen and oxygen atoms in total. The van der Waals surface area contributed by atoms with Crippen molar-refractivity contribution in [1.29, 1.82) is 0 Å². The number of benzene rings is 1. The molecular weight excluding hydrogens is 469 g/mol. The fraction of sp³-hybridized carbons (Fsp3) is 0.500. The zero-order valence-corrected chi connectivity index (χ0v) is 23.9. The number of halogens is 1. The molecule has 0 amide bonds. The molecule has 2 N–H and O–H groups in total. The standard InChI is InChI=1S/C20H29BN2O.C4H11NP2.FH2P/c1-5-6-11-22-15(2)20-8-7-12-23(20)16(3)17-9-10-18-14-24-21(4)19(18)13-17;1-4(7-2)3-5-6;1-2/h9-10,13,20,22H,2-3,5-8,11-12,14H2,1,4H3;5,7H,1,3,6H2,2H3;2H2. The summed E-state index contributed by atoms with van der Waals surface area (Å²) >= 11 is 0. The van der Waals surface area contributed by atoms with Crippen LogP contribution in [0.4, 0.5) is 4.20 Å². The Balaban J connectivity index is 0.000000520. The summed E-state index contributed by atoms with van der Waals surface area (Å²) in [7, 11) is 4.23. The van der Waals surface area contributed by atoms with Gasteiger partial charge >= 0.3 is 6.92 Å². The van der Waals surface area contributed by atoms with Crippen molar-refractivity contribution < 1.29 is 8.85 Å². The van der Waals surface area contributed by atoms with Crippen molar-refractivity contribution in [3.8, 4) is 0 Å². The lowest BCUT2D eigenvalue weighted by Gasteiger charge is -2.31. The Labute approximate surface area is 208 Å². The van der Waals surface area contributed by atoms with Crippen LogP contribution in [0.1, 0.15) is 43.7 Å². The second-order valence-corrected chi connectivity index (χ2v) is 9.82. The third kappa shape index (κ3) is 9.43. The van der Waals surface area contributed by atoms with Crippen molar-refractivity contribution >= 4 is 45.6 Å². The minimum atomic E-state index is 0.188. The molecule has 0 saturated carbocycles. The van der Waals surface area contributed by atoms with Crippen LogP contribution >= 0.6 is 27.5 Å². The Bertz CT molecular complexity index is 781. The van der Waals surface area contributed by atoms with Gasteiger partial charge in [-0.2, -0.15) is 0 Å². The number of nitrogens with one attached hydrogen (secondary N) is 2. The maximum absolute atomic E-state index is 9.42. The number of hydrogen-bond donors (Lipinski definition) is 2. The fourth-order valence-corrected chi connectivity index (χ4v) is 4.69. The molecule has 1 saturated heterocycles. The molecule has 3 rings (SSSR count). The first kappa shape index (κ1) is 30.3. The maximum atomic E-state index is 9.42. The van der Waals surface area contributed by atoms with Crippen LogP contribution < -0.4 is 15.9 Å². The predicted octanol–water partition coefficient (Wildman–Crippen LogP) is 5.32. The van der Waals surface area contributed by atoms with E-state index >= 15 is 0 Å². The van der Waals surface area contributed by atoms with Crippen molar-refractivity contribution in [2.75, 3.05) is 26.3 Å². The van der Waals surface area contributed by atoms with Gasteiger partial charge in [-0.25, -0.2) is 4.20 Å². The van der Waals surface area contributed by atoms with Crippen molar-refractivity contribution in [3.05, 3.63) is 60.1 Å². The van der Waals surface area contributed by atoms with Crippen LogP contribution in [0.2, 0.25) is 6.82 Å². The van der Waals surface area contributed by atoms with Crippen LogP contribution in [0.15, 0.2) is 48.9 Å². The van der Waals surface area contributed by atoms with Gasteiger partial charge in [0.05, 0.1) is 22.2 Å². The fourth-order valence-electron chi connectivity index (χ4n) is 3.96. The molecule has 0 radical (unpaired) electrons. The molecule has 2 heterocycles. The van der Waals surface area contributed by atoms with Crippen LogP contribution in [0.25, 0.3) is 5.70 Å². The van der Waals surface area contributed by atoms with Crippen LogP contribution in [-0.2, 0) is 11.3 Å². The topological polar surface area (TPSA) is 36.5 Å². The van der Waals surface area contributed by atoms with E-state index in [-0.39, 0.29) is 6.92 Å². The van der Waals surface area contributed by atoms with Gasteiger partial charge in [0.25, 0.3) is 0 Å². The number of unbranched alkanes of at least 4 members (excludes halogenated alkanes) is 1. The highest BCUT2D eigenvalue weighted by molar-refractivity contribution is 7.42. The van der Waals surface area contributed by atoms with E-state index in [9.17, 15) is 4.20 Å². The van der Waals surface area contributed by atoms with E-state index in [4.69, 9.17) is 4.65 Å². The highest BCUT2D eigenvalue weighted by atomic mass is 31.1. The lowest BCUT2D eigenvalue weighted by Crippen LogP contribution is -2.35. The van der Waals surface area contributed by atoms with Gasteiger partial charge < -0.3 is 14.9 Å². The van der Waals surface area contributed by atoms with Crippen molar-refractivity contribution in [2.45, 2.75) is 52.1 Å². The van der Waals surface area contributed by atoms with Crippen LogP contribution in [0.3, 0.4) is 0 Å². The molecule has 2 aliphatic rings. The number of nitrogens with zero attached hydrogens (tertiary/aromatic N) is 1. The first-order valence-corrected chi connectivity index (χ1v) is 14.1. The highest BCUT2D eigenvalue weighted by Crippen LogP contribution is 2.30. The number of hydrogen-bond acceptors (Lipinski definition) is 4. The zero-order chi connectivity index (χ0) is 24.8. The van der Waals surface area contributed by atoms with Gasteiger partial charge in [-0.15, -0.1) is 0 Å². The summed E-state index contributed by atoms with van der Waals surface area (Å²) in [4.78, 5) is 2.42. The van der Waals surface area contributed by atoms with Gasteiger partial charge in [0, 0.05) is 31.0 Å². The molecule has 0 aliphatic carbocycles. The van der Waals surface area contributed by atoms with Gasteiger partial charge in [0.15, 0.2) is 0 Å². The zero-order valence-electron chi connectivity index (χ0n) is 20.6. The smallest absolute Gasteiger partial charge is 0.324 e. The molecule has 0 aromatic heterocycles. The molecule has 33 heavy (non-hydrogen) atoms. The Morgan fingerprint density at radius 3 is 2.67 bits per heavy atom. The van der Waals surface area contributed by atoms with E-state index < -0.39 is 0 Å². The highest BCUT2D eigenvalue weighted by Gasteiger charge is 2.29. The molecule has 1 fully saturated rings. The van der Waals surface area contributed by atoms with Crippen molar-refractivity contribution in [3.63, 3.8) is 0 Å². The van der Waals surface area contributed by atoms with Crippen LogP contribution in [0, 0.1) is 0 Å². The van der Waals surface area contributed by atoms with E-state index in [2.05, 4.69) is 83.0 Å². The molecular formula is C24H42BFN3OP3. The largest absolute Gasteiger partial charge is 0.427 e. The van der Waals surface area contributed by atoms with E-state index in [1.807, 2.05) is 0 Å². The third-order valence-corrected chi connectivity index (χ3v) is 7.05. The normalized spacial score (nSPS) is 16.6. The number of rotatable bonds is 10. The lowest BCUT2D eigenvalue weighted by atomic mass is 9.64. The quantitative estimate of drug-likeness (QED) is 0.254. The summed E-state index contributed by atoms with van der Waals surface area (Å²) in [5.41, 5.74) is 6.07. The van der Waals surface area contributed by atoms with Crippen molar-refractivity contribution in [2.24, 2.45) is 0 Å². The summed E-state index contributed by atoms with van der Waals surface area (Å²) in [5, 5.41) is 7.73. The van der Waals surface area contributed by atoms with Gasteiger partial charge in [0.1, 0.15) is 0 Å². The second kappa shape index (κ2) is 16.8. The molecule has 4 atom stereocenters. The van der Waals surface area contributed by atoms with Gasteiger partial charge in [-0.1, -0.05) is 76.1 Å². The lowest BCUT2D eigenvalue weighted by molar-refractivity contribution is 0.333. The summed E-state index contributed by atoms with van der Waals surface area (Å²) in [6.07, 6.45) is 4.75. The van der Waals surface area contributed by atoms with Crippen LogP contribution in [-0.4, -0.2) is 44.2 Å². The second-order valence-electron chi connectivity index (χ2n) is 8.20. The Morgan fingerprint density at radius 1 is 1.33 bits per heavy atom. The van der Waals surface area contributed by atoms with Crippen molar-refractivity contribution in [1.82, 2.24) is 15.3 Å². The minimum absolute atomic E-state index is 0.188. The van der Waals surface area contributed by atoms with Gasteiger partial charge in [-0.05, 0) is 47.8 Å². The molecule has 0 bridgehead atoms. The summed E-state index contributed by atoms with van der Waals surface area (Å²) in [5.74, 6) is 0. The van der Waals surface area contributed by atoms with E-state index in [0.717, 1.165) is 62.2 Å². The Morgan fingerprint density at radius 2 is 2.06 bits per heavy atom. The third-order valence-electron chi connectivity index (χ3n) is 5.96. The first-order valence-electron chi connectivity index (χ1n) is 11.6. The molecule has 4 unspecified atom stereocenters. The minimum Gasteiger partial charge on any atom is -0.427 e. The van der Waals surface area contributed by atoms with E-state index in [0.29, 0.717) is 6.04 Å². The molecule has 184 valence electrons. The summed E-state index contributed by atoms with van der Waals surface area (Å²) < 4.78 is 15.1. The summed E-state index contributed by atoms with van der Waals surface area (Å²) in [6.45, 7) is 22.9. The average molecular weight is 511 g/mol. The molecule has 1 aromatic rings. The Kier molecular flexibility index (Phi) is 15.4. The molecule has 2 aliphatic heterocycles. The average Bonchev–Trinajstić information content (AvgIpc) is 3.47. The molecule has 0 spiro atoms. The van der Waals surface area contributed by atoms with Gasteiger partial charge in [0.2, 0.25) is 0 Å². The summed E-state index contributed by atoms with van der Waals surface area (Å²) in [6, 6.07) is 7.00. The van der Waals surface area contributed by atoms with E-state index in [1.54, 1.807) is 0 Å². The SMILES string of the molecule is C=C(CNP)PC.C=C(NCCCC)C1CCCN1C(=C)c1ccc2c(c1)B(C)OC2.FP. The van der Waals surface area contributed by atoms with E-state index in [1.165, 1.54) is 41.2 Å². The number of fused-ring (bicyclic) bond motifs is 1. The maximum Gasteiger partial charge on any atom is 0.324 e. The van der Waals surface area contributed by atoms with Crippen LogP contribution in [0.5, 0.6) is 0 Å². The van der Waals surface area contributed by atoms with Gasteiger partial charge in [-0.3, -0.25) is 5.09 Å². The first-order chi connectivity index (χ1) is 15.9. The predicted molar refractivity (Wildman–Crippen MR) is 155 cm³/mol. The Hall–Kier alpha value is -0.755. The number of likely N-dealkylation sites (tertiary alicyclic amines) is 1.